The summed E-state index contributed by atoms with van der Waals surface area (Å²) in [6, 6.07) is 23.6. The van der Waals surface area contributed by atoms with Crippen molar-refractivity contribution in [1.82, 2.24) is 29.7 Å². The van der Waals surface area contributed by atoms with Gasteiger partial charge in [-0.25, -0.2) is 9.97 Å². The van der Waals surface area contributed by atoms with Crippen LogP contribution in [0.2, 0.25) is 5.02 Å². The summed E-state index contributed by atoms with van der Waals surface area (Å²) >= 11 is 8.53. The van der Waals surface area contributed by atoms with Gasteiger partial charge < -0.3 is 16.0 Å². The Balaban J connectivity index is 1.42. The zero-order valence-corrected chi connectivity index (χ0v) is 24.7. The molecule has 0 bridgehead atoms. The Morgan fingerprint density at radius 3 is 2.43 bits per heavy atom. The van der Waals surface area contributed by atoms with Gasteiger partial charge in [-0.05, 0) is 30.2 Å². The highest BCUT2D eigenvalue weighted by Gasteiger charge is 2.24. The van der Waals surface area contributed by atoms with Crippen molar-refractivity contribution in [2.24, 2.45) is 0 Å². The maximum atomic E-state index is 14.6. The summed E-state index contributed by atoms with van der Waals surface area (Å²) in [6.45, 7) is 1.87. The van der Waals surface area contributed by atoms with Crippen molar-refractivity contribution in [3.8, 4) is 27.4 Å². The van der Waals surface area contributed by atoms with E-state index in [1.54, 1.807) is 4.57 Å². The highest BCUT2D eigenvalue weighted by molar-refractivity contribution is 7.18. The highest BCUT2D eigenvalue weighted by Crippen LogP contribution is 2.37. The lowest BCUT2D eigenvalue weighted by Gasteiger charge is -2.24. The average Bonchev–Trinajstić information content (AvgIpc) is 3.49. The molecule has 10 nitrogen and oxygen atoms in total. The predicted molar refractivity (Wildman–Crippen MR) is 176 cm³/mol. The normalized spacial score (nSPS) is 12.0. The minimum Gasteiger partial charge on any atom is -0.374 e. The van der Waals surface area contributed by atoms with Crippen molar-refractivity contribution in [3.05, 3.63) is 123 Å². The first-order chi connectivity index (χ1) is 21.4. The molecule has 44 heavy (non-hydrogen) atoms. The second-order valence-corrected chi connectivity index (χ2v) is 11.5. The molecule has 12 heteroatoms. The second kappa shape index (κ2) is 11.0. The fraction of sp³-hybridized carbons (Fsp3) is 0.0625. The summed E-state index contributed by atoms with van der Waals surface area (Å²) in [4.78, 5) is 38.8. The molecular formula is C32H23ClN8O2S. The van der Waals surface area contributed by atoms with Crippen LogP contribution in [0.25, 0.3) is 49.2 Å². The van der Waals surface area contributed by atoms with Gasteiger partial charge in [0.15, 0.2) is 5.43 Å². The largest absolute Gasteiger partial charge is 0.374 e. The molecule has 0 aliphatic carbocycles. The van der Waals surface area contributed by atoms with E-state index < -0.39 is 6.04 Å². The van der Waals surface area contributed by atoms with Crippen LogP contribution in [0.4, 0.5) is 10.9 Å². The molecule has 3 aromatic carbocycles. The number of pyridine rings is 2. The predicted octanol–water partition coefficient (Wildman–Crippen LogP) is 6.22. The van der Waals surface area contributed by atoms with Gasteiger partial charge in [0.1, 0.15) is 28.2 Å². The molecule has 4 aromatic heterocycles. The Kier molecular flexibility index (Phi) is 6.88. The van der Waals surface area contributed by atoms with Gasteiger partial charge in [-0.2, -0.15) is 0 Å². The highest BCUT2D eigenvalue weighted by atomic mass is 35.5. The topological polar surface area (TPSA) is 144 Å². The van der Waals surface area contributed by atoms with Gasteiger partial charge in [0.2, 0.25) is 5.13 Å². The van der Waals surface area contributed by atoms with E-state index in [1.165, 1.54) is 29.9 Å². The summed E-state index contributed by atoms with van der Waals surface area (Å²) in [5, 5.41) is 14.3. The van der Waals surface area contributed by atoms with Crippen LogP contribution in [0.15, 0.2) is 101 Å². The van der Waals surface area contributed by atoms with Crippen LogP contribution < -0.4 is 22.0 Å². The van der Waals surface area contributed by atoms with E-state index in [-0.39, 0.29) is 11.0 Å². The molecular weight excluding hydrogens is 596 g/mol. The van der Waals surface area contributed by atoms with E-state index in [4.69, 9.17) is 17.3 Å². The third-order valence-corrected chi connectivity index (χ3v) is 8.59. The number of halogens is 1. The van der Waals surface area contributed by atoms with E-state index in [2.05, 4.69) is 30.5 Å². The molecule has 4 heterocycles. The number of aromatic amines is 1. The van der Waals surface area contributed by atoms with E-state index in [0.29, 0.717) is 54.2 Å². The SMILES string of the molecule is C[C@H](Nc1ncnc2[nH]ccc(=O)c12)c1c(Cl)c2cccc(-c3ccc(-c4nnc(N)s4)cc3)c2c(=O)n1-c1ccccc1. The first-order valence-electron chi connectivity index (χ1n) is 13.6. The molecule has 0 radical (unpaired) electrons. The number of hydrogen-bond acceptors (Lipinski definition) is 9. The van der Waals surface area contributed by atoms with Crippen LogP contribution >= 0.6 is 22.9 Å². The first-order valence-corrected chi connectivity index (χ1v) is 14.8. The second-order valence-electron chi connectivity index (χ2n) is 10.1. The Hall–Kier alpha value is -5.39. The van der Waals surface area contributed by atoms with Crippen LogP contribution in [0, 0.1) is 0 Å². The molecule has 216 valence electrons. The number of para-hydroxylation sites is 1. The van der Waals surface area contributed by atoms with Gasteiger partial charge in [-0.15, -0.1) is 10.2 Å². The van der Waals surface area contributed by atoms with Crippen molar-refractivity contribution in [3.63, 3.8) is 0 Å². The third-order valence-electron chi connectivity index (χ3n) is 7.39. The van der Waals surface area contributed by atoms with Crippen molar-refractivity contribution < 1.29 is 0 Å². The quantitative estimate of drug-likeness (QED) is 0.199. The number of hydrogen-bond donors (Lipinski definition) is 3. The van der Waals surface area contributed by atoms with Crippen molar-refractivity contribution >= 4 is 55.7 Å². The Labute approximate surface area is 258 Å². The molecule has 7 rings (SSSR count). The lowest BCUT2D eigenvalue weighted by Crippen LogP contribution is -2.27. The average molecular weight is 619 g/mol. The van der Waals surface area contributed by atoms with Gasteiger partial charge in [0, 0.05) is 28.9 Å². The summed E-state index contributed by atoms with van der Waals surface area (Å²) < 4.78 is 1.62. The van der Waals surface area contributed by atoms with Crippen LogP contribution in [0.3, 0.4) is 0 Å². The fourth-order valence-electron chi connectivity index (χ4n) is 5.42. The molecule has 0 saturated carbocycles. The smallest absolute Gasteiger partial charge is 0.263 e. The minimum atomic E-state index is -0.542. The molecule has 4 N–H and O–H groups in total. The molecule has 0 aliphatic heterocycles. The number of anilines is 2. The minimum absolute atomic E-state index is 0.232. The molecule has 0 saturated heterocycles. The lowest BCUT2D eigenvalue weighted by molar-refractivity contribution is 0.774. The number of nitrogens with one attached hydrogen (secondary N) is 2. The summed E-state index contributed by atoms with van der Waals surface area (Å²) in [6.07, 6.45) is 2.91. The van der Waals surface area contributed by atoms with Gasteiger partial charge in [0.25, 0.3) is 5.56 Å². The Morgan fingerprint density at radius 1 is 0.909 bits per heavy atom. The lowest BCUT2D eigenvalue weighted by atomic mass is 9.97. The summed E-state index contributed by atoms with van der Waals surface area (Å²) in [5.74, 6) is 0.332. The third kappa shape index (κ3) is 4.68. The summed E-state index contributed by atoms with van der Waals surface area (Å²) in [5.41, 5.74) is 9.33. The number of benzene rings is 3. The fourth-order valence-corrected chi connectivity index (χ4v) is 6.44. The molecule has 0 unspecified atom stereocenters. The van der Waals surface area contributed by atoms with Gasteiger partial charge in [0.05, 0.1) is 22.1 Å². The molecule has 1 atom stereocenters. The van der Waals surface area contributed by atoms with Crippen LogP contribution in [0.1, 0.15) is 18.7 Å². The van der Waals surface area contributed by atoms with Gasteiger partial charge in [-0.1, -0.05) is 83.6 Å². The number of nitrogens with two attached hydrogens (primary N) is 1. The van der Waals surface area contributed by atoms with Crippen molar-refractivity contribution in [2.75, 3.05) is 11.1 Å². The Morgan fingerprint density at radius 2 is 1.68 bits per heavy atom. The monoisotopic (exact) mass is 618 g/mol. The molecule has 0 fully saturated rings. The summed E-state index contributed by atoms with van der Waals surface area (Å²) in [7, 11) is 0. The van der Waals surface area contributed by atoms with Crippen molar-refractivity contribution in [2.45, 2.75) is 13.0 Å². The van der Waals surface area contributed by atoms with Crippen LogP contribution in [0.5, 0.6) is 0 Å². The van der Waals surface area contributed by atoms with E-state index in [0.717, 1.165) is 16.7 Å². The molecule has 0 amide bonds. The Bertz CT molecular complexity index is 2290. The van der Waals surface area contributed by atoms with Gasteiger partial charge in [-0.3, -0.25) is 14.2 Å². The number of H-pyrrole nitrogens is 1. The molecule has 0 aliphatic rings. The number of aromatic nitrogens is 6. The molecule has 0 spiro atoms. The first kappa shape index (κ1) is 27.4. The number of fused-ring (bicyclic) bond motifs is 2. The van der Waals surface area contributed by atoms with E-state index in [1.807, 2.05) is 79.7 Å². The zero-order valence-electron chi connectivity index (χ0n) is 23.2. The van der Waals surface area contributed by atoms with Crippen LogP contribution in [-0.2, 0) is 0 Å². The van der Waals surface area contributed by atoms with Crippen LogP contribution in [-0.4, -0.2) is 29.7 Å². The zero-order chi connectivity index (χ0) is 30.4. The van der Waals surface area contributed by atoms with Gasteiger partial charge >= 0.3 is 0 Å². The number of rotatable bonds is 6. The van der Waals surface area contributed by atoms with Crippen molar-refractivity contribution in [1.29, 1.82) is 0 Å². The number of nitrogen functional groups attached to an aromatic ring is 1. The van der Waals surface area contributed by atoms with E-state index >= 15 is 0 Å². The maximum absolute atomic E-state index is 14.6. The number of nitrogens with zero attached hydrogens (tertiary/aromatic N) is 5. The molecule has 7 aromatic rings. The van der Waals surface area contributed by atoms with E-state index in [9.17, 15) is 9.59 Å². The maximum Gasteiger partial charge on any atom is 0.263 e. The standard InChI is InChI=1S/C32H23ClN8O2S/c1-17(38-29-25-23(42)14-15-35-28(25)36-16-37-29)27-26(33)22-9-5-8-21(24(22)31(43)41(27)20-6-3-2-4-7-20)18-10-12-19(13-11-18)30-39-40-32(34)44-30/h2-17H,1H3,(H2,34,40)(H2,35,36,37,38,42)/t17-/m0/s1.